The molecule has 0 spiro atoms. The number of anilines is 1. The number of benzene rings is 2. The van der Waals surface area contributed by atoms with Crippen LogP contribution in [0.4, 0.5) is 10.5 Å². The second kappa shape index (κ2) is 9.46. The average molecular weight is 377 g/mol. The third-order valence-corrected chi connectivity index (χ3v) is 4.62. The smallest absolute Gasteiger partial charge is 0.319 e. The van der Waals surface area contributed by atoms with E-state index in [1.165, 1.54) is 0 Å². The number of methoxy groups -OCH3 is 1. The Balaban J connectivity index is 2.07. The molecule has 0 aliphatic heterocycles. The minimum absolute atomic E-state index is 0.0652. The molecular formula is C20H25ClN2O3. The van der Waals surface area contributed by atoms with Crippen molar-refractivity contribution in [3.63, 3.8) is 0 Å². The molecule has 0 fully saturated rings. The molecule has 6 heteroatoms. The number of halogens is 1. The number of ether oxygens (including phenoxy) is 1. The number of para-hydroxylation sites is 1. The summed E-state index contributed by atoms with van der Waals surface area (Å²) in [5.74, 6) is 0.582. The minimum Gasteiger partial charge on any atom is -0.496 e. The number of aliphatic hydroxyl groups is 1. The Morgan fingerprint density at radius 2 is 1.92 bits per heavy atom. The summed E-state index contributed by atoms with van der Waals surface area (Å²) in [7, 11) is 1.55. The number of aliphatic hydroxyl groups excluding tert-OH is 1. The van der Waals surface area contributed by atoms with Gasteiger partial charge in [0.15, 0.2) is 0 Å². The van der Waals surface area contributed by atoms with E-state index in [-0.39, 0.29) is 12.6 Å². The molecule has 26 heavy (non-hydrogen) atoms. The van der Waals surface area contributed by atoms with Gasteiger partial charge in [0, 0.05) is 17.1 Å². The van der Waals surface area contributed by atoms with Crippen LogP contribution in [0.5, 0.6) is 5.75 Å². The first kappa shape index (κ1) is 20.1. The Labute approximate surface area is 159 Å². The van der Waals surface area contributed by atoms with Gasteiger partial charge < -0.3 is 20.5 Å². The lowest BCUT2D eigenvalue weighted by atomic mass is 10.0. The number of carbonyl (C=O) groups excluding carboxylic acids is 1. The van der Waals surface area contributed by atoms with Crippen LogP contribution in [0.2, 0.25) is 5.02 Å². The van der Waals surface area contributed by atoms with Crippen molar-refractivity contribution in [1.82, 2.24) is 5.32 Å². The van der Waals surface area contributed by atoms with Crippen molar-refractivity contribution in [3.8, 4) is 5.75 Å². The maximum atomic E-state index is 12.3. The minimum atomic E-state index is -0.868. The van der Waals surface area contributed by atoms with Gasteiger partial charge in [-0.1, -0.05) is 49.7 Å². The van der Waals surface area contributed by atoms with Crippen LogP contribution in [-0.2, 0) is 12.8 Å². The lowest BCUT2D eigenvalue weighted by molar-refractivity contribution is 0.171. The predicted molar refractivity (Wildman–Crippen MR) is 105 cm³/mol. The zero-order valence-corrected chi connectivity index (χ0v) is 16.1. The van der Waals surface area contributed by atoms with Gasteiger partial charge in [-0.25, -0.2) is 4.79 Å². The Morgan fingerprint density at radius 1 is 1.19 bits per heavy atom. The van der Waals surface area contributed by atoms with Gasteiger partial charge in [0.2, 0.25) is 0 Å². The lowest BCUT2D eigenvalue weighted by Crippen LogP contribution is -2.33. The van der Waals surface area contributed by atoms with Gasteiger partial charge in [0.05, 0.1) is 18.9 Å². The highest BCUT2D eigenvalue weighted by Crippen LogP contribution is 2.29. The molecule has 0 aromatic heterocycles. The molecule has 0 saturated carbocycles. The van der Waals surface area contributed by atoms with Crippen LogP contribution in [0, 0.1) is 0 Å². The first-order valence-electron chi connectivity index (χ1n) is 8.67. The number of carbonyl (C=O) groups is 1. The van der Waals surface area contributed by atoms with Crippen molar-refractivity contribution >= 4 is 23.3 Å². The Kier molecular flexibility index (Phi) is 7.30. The maximum Gasteiger partial charge on any atom is 0.319 e. The van der Waals surface area contributed by atoms with Crippen molar-refractivity contribution in [3.05, 3.63) is 58.1 Å². The number of aryl methyl sites for hydroxylation is 1. The summed E-state index contributed by atoms with van der Waals surface area (Å²) < 4.78 is 5.24. The largest absolute Gasteiger partial charge is 0.496 e. The monoisotopic (exact) mass is 376 g/mol. The number of nitrogens with one attached hydrogen (secondary N) is 2. The second-order valence-electron chi connectivity index (χ2n) is 5.86. The van der Waals surface area contributed by atoms with Crippen LogP contribution >= 0.6 is 11.6 Å². The predicted octanol–water partition coefficient (Wildman–Crippen LogP) is 4.33. The van der Waals surface area contributed by atoms with Gasteiger partial charge in [-0.15, -0.1) is 0 Å². The van der Waals surface area contributed by atoms with Gasteiger partial charge in [-0.05, 0) is 36.1 Å². The quantitative estimate of drug-likeness (QED) is 0.673. The van der Waals surface area contributed by atoms with Crippen molar-refractivity contribution < 1.29 is 14.6 Å². The van der Waals surface area contributed by atoms with E-state index in [2.05, 4.69) is 10.6 Å². The van der Waals surface area contributed by atoms with E-state index in [4.69, 9.17) is 16.3 Å². The van der Waals surface area contributed by atoms with Gasteiger partial charge >= 0.3 is 6.03 Å². The summed E-state index contributed by atoms with van der Waals surface area (Å²) in [4.78, 5) is 12.3. The molecule has 2 rings (SSSR count). The second-order valence-corrected chi connectivity index (χ2v) is 6.27. The summed E-state index contributed by atoms with van der Waals surface area (Å²) in [5.41, 5.74) is 3.30. The van der Waals surface area contributed by atoms with E-state index in [0.717, 1.165) is 23.2 Å². The van der Waals surface area contributed by atoms with Crippen molar-refractivity contribution in [2.75, 3.05) is 19.0 Å². The van der Waals surface area contributed by atoms with Crippen LogP contribution in [-0.4, -0.2) is 24.8 Å². The van der Waals surface area contributed by atoms with Gasteiger partial charge in [-0.3, -0.25) is 0 Å². The van der Waals surface area contributed by atoms with Crippen LogP contribution < -0.4 is 15.4 Å². The normalized spacial score (nSPS) is 11.7. The standard InChI is InChI=1S/C20H25ClN2O3/c1-4-13-10-11-16(21)14(5-2)19(13)23-20(25)22-12-17(24)15-8-6-7-9-18(15)26-3/h6-11,17,24H,4-5,12H2,1-3H3,(H2,22,23,25)/t17-/m0/s1. The summed E-state index contributed by atoms with van der Waals surface area (Å²) in [6.07, 6.45) is 0.628. The Bertz CT molecular complexity index is 765. The van der Waals surface area contributed by atoms with Gasteiger partial charge in [-0.2, -0.15) is 0 Å². The van der Waals surface area contributed by atoms with E-state index >= 15 is 0 Å². The lowest BCUT2D eigenvalue weighted by Gasteiger charge is -2.18. The molecule has 2 aromatic carbocycles. The molecule has 3 N–H and O–H groups in total. The molecule has 5 nitrogen and oxygen atoms in total. The molecule has 140 valence electrons. The molecule has 0 unspecified atom stereocenters. The van der Waals surface area contributed by atoms with E-state index < -0.39 is 6.10 Å². The summed E-state index contributed by atoms with van der Waals surface area (Å²) in [6, 6.07) is 10.6. The fourth-order valence-corrected chi connectivity index (χ4v) is 3.16. The molecule has 1 atom stereocenters. The van der Waals surface area contributed by atoms with Crippen molar-refractivity contribution in [1.29, 1.82) is 0 Å². The van der Waals surface area contributed by atoms with Gasteiger partial charge in [0.1, 0.15) is 5.75 Å². The molecule has 0 bridgehead atoms. The van der Waals surface area contributed by atoms with E-state index in [1.807, 2.05) is 38.1 Å². The number of rotatable bonds is 7. The molecule has 0 heterocycles. The number of amides is 2. The maximum absolute atomic E-state index is 12.3. The van der Waals surface area contributed by atoms with Crippen LogP contribution in [0.3, 0.4) is 0 Å². The first-order chi connectivity index (χ1) is 12.5. The Hall–Kier alpha value is -2.24. The number of urea groups is 1. The van der Waals surface area contributed by atoms with Gasteiger partial charge in [0.25, 0.3) is 0 Å². The molecule has 0 radical (unpaired) electrons. The summed E-state index contributed by atoms with van der Waals surface area (Å²) in [5, 5.41) is 16.6. The van der Waals surface area contributed by atoms with Crippen LogP contribution in [0.15, 0.2) is 36.4 Å². The molecular weight excluding hydrogens is 352 g/mol. The first-order valence-corrected chi connectivity index (χ1v) is 9.05. The molecule has 0 saturated heterocycles. The topological polar surface area (TPSA) is 70.6 Å². The number of hydrogen-bond donors (Lipinski definition) is 3. The summed E-state index contributed by atoms with van der Waals surface area (Å²) in [6.45, 7) is 4.09. The van der Waals surface area contributed by atoms with Crippen LogP contribution in [0.25, 0.3) is 0 Å². The van der Waals surface area contributed by atoms with Crippen molar-refractivity contribution in [2.45, 2.75) is 32.8 Å². The highest BCUT2D eigenvalue weighted by atomic mass is 35.5. The van der Waals surface area contributed by atoms with Crippen LogP contribution in [0.1, 0.15) is 36.6 Å². The average Bonchev–Trinajstić information content (AvgIpc) is 2.66. The van der Waals surface area contributed by atoms with E-state index in [9.17, 15) is 9.90 Å². The molecule has 2 amide bonds. The van der Waals surface area contributed by atoms with Crippen molar-refractivity contribution in [2.24, 2.45) is 0 Å². The highest BCUT2D eigenvalue weighted by molar-refractivity contribution is 6.31. The summed E-state index contributed by atoms with van der Waals surface area (Å²) >= 11 is 6.26. The molecule has 0 aliphatic rings. The third-order valence-electron chi connectivity index (χ3n) is 4.27. The highest BCUT2D eigenvalue weighted by Gasteiger charge is 2.16. The molecule has 2 aromatic rings. The van der Waals surface area contributed by atoms with E-state index in [1.54, 1.807) is 19.2 Å². The Morgan fingerprint density at radius 3 is 2.58 bits per heavy atom. The number of hydrogen-bond acceptors (Lipinski definition) is 3. The zero-order chi connectivity index (χ0) is 19.1. The fraction of sp³-hybridized carbons (Fsp3) is 0.350. The molecule has 0 aliphatic carbocycles. The van der Waals surface area contributed by atoms with E-state index in [0.29, 0.717) is 22.8 Å². The zero-order valence-electron chi connectivity index (χ0n) is 15.3. The third kappa shape index (κ3) is 4.68. The fourth-order valence-electron chi connectivity index (χ4n) is 2.87. The SMILES string of the molecule is CCc1ccc(Cl)c(CC)c1NC(=O)NC[C@H](O)c1ccccc1OC.